The smallest absolute Gasteiger partial charge is 0.334 e. The third kappa shape index (κ3) is 3.05. The van der Waals surface area contributed by atoms with Crippen molar-refractivity contribution in [2.45, 2.75) is 32.4 Å². The molecule has 0 heterocycles. The summed E-state index contributed by atoms with van der Waals surface area (Å²) in [6.07, 6.45) is 0.557. The number of carbonyl (C=O) groups excluding carboxylic acids is 1. The lowest BCUT2D eigenvalue weighted by atomic mass is 9.91. The quantitative estimate of drug-likeness (QED) is 0.797. The summed E-state index contributed by atoms with van der Waals surface area (Å²) < 4.78 is 5.50. The van der Waals surface area contributed by atoms with Gasteiger partial charge in [0.15, 0.2) is 5.54 Å². The zero-order valence-electron chi connectivity index (χ0n) is 11.6. The molecule has 1 N–H and O–H groups in total. The summed E-state index contributed by atoms with van der Waals surface area (Å²) in [6.45, 7) is 5.31. The molecule has 0 aliphatic heterocycles. The highest BCUT2D eigenvalue weighted by molar-refractivity contribution is 5.82. The second-order valence-electron chi connectivity index (χ2n) is 4.78. The van der Waals surface area contributed by atoms with Crippen molar-refractivity contribution in [1.29, 1.82) is 0 Å². The summed E-state index contributed by atoms with van der Waals surface area (Å²) in [5.41, 5.74) is -0.872. The van der Waals surface area contributed by atoms with Gasteiger partial charge in [-0.2, -0.15) is 0 Å². The fourth-order valence-corrected chi connectivity index (χ4v) is 1.71. The Hall–Kier alpha value is -2.04. The van der Waals surface area contributed by atoms with E-state index in [1.807, 2.05) is 13.8 Å². The van der Waals surface area contributed by atoms with Crippen LogP contribution in [-0.4, -0.2) is 35.5 Å². The van der Waals surface area contributed by atoms with E-state index in [-0.39, 0.29) is 6.10 Å². The van der Waals surface area contributed by atoms with Gasteiger partial charge >= 0.3 is 5.97 Å². The molecule has 5 nitrogen and oxygen atoms in total. The predicted octanol–water partition coefficient (Wildman–Crippen LogP) is 1.86. The lowest BCUT2D eigenvalue weighted by Gasteiger charge is -2.32. The minimum atomic E-state index is -1.39. The van der Waals surface area contributed by atoms with Crippen LogP contribution >= 0.6 is 0 Å². The Labute approximate surface area is 112 Å². The van der Waals surface area contributed by atoms with Crippen LogP contribution in [0.15, 0.2) is 24.3 Å². The standard InChI is InChI=1S/C14H19NO4/c1-10(2)19-12-7-5-11(6-8-12)14(3,13(17)18)15(4)9-16/h5-10H,1-4H3,(H,17,18). The highest BCUT2D eigenvalue weighted by Gasteiger charge is 2.39. The topological polar surface area (TPSA) is 66.8 Å². The second-order valence-corrected chi connectivity index (χ2v) is 4.78. The number of aliphatic carboxylic acids is 1. The van der Waals surface area contributed by atoms with Gasteiger partial charge in [0.2, 0.25) is 6.41 Å². The first-order valence-electron chi connectivity index (χ1n) is 6.01. The van der Waals surface area contributed by atoms with E-state index in [0.29, 0.717) is 17.7 Å². The summed E-state index contributed by atoms with van der Waals surface area (Å²) in [7, 11) is 1.44. The first kappa shape index (κ1) is 15.0. The molecule has 104 valence electrons. The zero-order chi connectivity index (χ0) is 14.6. The molecule has 0 aliphatic carbocycles. The van der Waals surface area contributed by atoms with Gasteiger partial charge in [0, 0.05) is 7.05 Å². The van der Waals surface area contributed by atoms with Crippen LogP contribution in [0.5, 0.6) is 5.75 Å². The zero-order valence-corrected chi connectivity index (χ0v) is 11.6. The Balaban J connectivity index is 3.12. The number of carboxylic acid groups (broad SMARTS) is 1. The Morgan fingerprint density at radius 2 is 1.89 bits per heavy atom. The molecule has 0 bridgehead atoms. The number of carboxylic acids is 1. The molecule has 1 atom stereocenters. The summed E-state index contributed by atoms with van der Waals surface area (Å²) in [5, 5.41) is 9.37. The Morgan fingerprint density at radius 3 is 2.26 bits per heavy atom. The lowest BCUT2D eigenvalue weighted by Crippen LogP contribution is -2.47. The van der Waals surface area contributed by atoms with Gasteiger partial charge in [0.1, 0.15) is 5.75 Å². The summed E-state index contributed by atoms with van der Waals surface area (Å²) in [4.78, 5) is 23.5. The van der Waals surface area contributed by atoms with E-state index in [4.69, 9.17) is 4.74 Å². The van der Waals surface area contributed by atoms with Crippen molar-refractivity contribution in [3.8, 4) is 5.75 Å². The molecular formula is C14H19NO4. The molecule has 19 heavy (non-hydrogen) atoms. The molecule has 1 unspecified atom stereocenters. The van der Waals surface area contributed by atoms with Gasteiger partial charge in [-0.1, -0.05) is 12.1 Å². The van der Waals surface area contributed by atoms with Gasteiger partial charge in [-0.3, -0.25) is 4.79 Å². The second kappa shape index (κ2) is 5.73. The number of amides is 1. The molecule has 0 fully saturated rings. The van der Waals surface area contributed by atoms with Crippen molar-refractivity contribution < 1.29 is 19.4 Å². The number of benzene rings is 1. The van der Waals surface area contributed by atoms with Crippen LogP contribution in [0.1, 0.15) is 26.3 Å². The van der Waals surface area contributed by atoms with Gasteiger partial charge in [-0.05, 0) is 38.5 Å². The van der Waals surface area contributed by atoms with Crippen molar-refractivity contribution in [1.82, 2.24) is 4.90 Å². The summed E-state index contributed by atoms with van der Waals surface area (Å²) >= 11 is 0. The number of nitrogens with zero attached hydrogens (tertiary/aromatic N) is 1. The van der Waals surface area contributed by atoms with E-state index in [9.17, 15) is 14.7 Å². The van der Waals surface area contributed by atoms with E-state index in [0.717, 1.165) is 4.90 Å². The Kier molecular flexibility index (Phi) is 4.53. The van der Waals surface area contributed by atoms with Crippen LogP contribution < -0.4 is 4.74 Å². The molecular weight excluding hydrogens is 246 g/mol. The molecule has 0 saturated carbocycles. The van der Waals surface area contributed by atoms with E-state index >= 15 is 0 Å². The fraction of sp³-hybridized carbons (Fsp3) is 0.429. The van der Waals surface area contributed by atoms with Crippen LogP contribution in [-0.2, 0) is 15.1 Å². The van der Waals surface area contributed by atoms with E-state index in [2.05, 4.69) is 0 Å². The Morgan fingerprint density at radius 1 is 1.37 bits per heavy atom. The normalized spacial score (nSPS) is 13.7. The van der Waals surface area contributed by atoms with Crippen LogP contribution in [0.4, 0.5) is 0 Å². The maximum Gasteiger partial charge on any atom is 0.334 e. The number of hydrogen-bond donors (Lipinski definition) is 1. The largest absolute Gasteiger partial charge is 0.491 e. The van der Waals surface area contributed by atoms with Gasteiger partial charge in [-0.15, -0.1) is 0 Å². The molecule has 1 rings (SSSR count). The monoisotopic (exact) mass is 265 g/mol. The van der Waals surface area contributed by atoms with E-state index in [1.165, 1.54) is 14.0 Å². The van der Waals surface area contributed by atoms with Gasteiger partial charge in [0.05, 0.1) is 6.10 Å². The van der Waals surface area contributed by atoms with Crippen molar-refractivity contribution in [3.05, 3.63) is 29.8 Å². The minimum absolute atomic E-state index is 0.0503. The number of carbonyl (C=O) groups is 2. The van der Waals surface area contributed by atoms with Crippen LogP contribution in [0.3, 0.4) is 0 Å². The average Bonchev–Trinajstić information content (AvgIpc) is 2.36. The van der Waals surface area contributed by atoms with E-state index in [1.54, 1.807) is 24.3 Å². The molecule has 0 spiro atoms. The maximum absolute atomic E-state index is 11.5. The van der Waals surface area contributed by atoms with Crippen LogP contribution in [0.25, 0.3) is 0 Å². The van der Waals surface area contributed by atoms with Gasteiger partial charge < -0.3 is 14.7 Å². The van der Waals surface area contributed by atoms with Gasteiger partial charge in [-0.25, -0.2) is 4.79 Å². The highest BCUT2D eigenvalue weighted by Crippen LogP contribution is 2.28. The summed E-state index contributed by atoms with van der Waals surface area (Å²) in [5.74, 6) is -0.417. The van der Waals surface area contributed by atoms with Crippen LogP contribution in [0, 0.1) is 0 Å². The average molecular weight is 265 g/mol. The van der Waals surface area contributed by atoms with Crippen molar-refractivity contribution in [3.63, 3.8) is 0 Å². The van der Waals surface area contributed by atoms with Crippen molar-refractivity contribution in [2.75, 3.05) is 7.05 Å². The molecule has 0 aromatic heterocycles. The SMILES string of the molecule is CC(C)Oc1ccc(C(C)(C(=O)O)N(C)C=O)cc1. The number of likely N-dealkylation sites (N-methyl/N-ethyl adjacent to an activating group) is 1. The highest BCUT2D eigenvalue weighted by atomic mass is 16.5. The minimum Gasteiger partial charge on any atom is -0.491 e. The molecule has 1 aromatic carbocycles. The third-order valence-corrected chi connectivity index (χ3v) is 3.07. The van der Waals surface area contributed by atoms with Crippen molar-refractivity contribution >= 4 is 12.4 Å². The maximum atomic E-state index is 11.5. The predicted molar refractivity (Wildman–Crippen MR) is 71.0 cm³/mol. The molecule has 5 heteroatoms. The number of hydrogen-bond acceptors (Lipinski definition) is 3. The lowest BCUT2D eigenvalue weighted by molar-refractivity contribution is -0.153. The van der Waals surface area contributed by atoms with Gasteiger partial charge in [0.25, 0.3) is 0 Å². The van der Waals surface area contributed by atoms with E-state index < -0.39 is 11.5 Å². The first-order valence-corrected chi connectivity index (χ1v) is 6.01. The fourth-order valence-electron chi connectivity index (χ4n) is 1.71. The molecule has 0 radical (unpaired) electrons. The first-order chi connectivity index (χ1) is 8.82. The molecule has 0 aliphatic rings. The number of rotatable bonds is 6. The molecule has 1 aromatic rings. The van der Waals surface area contributed by atoms with Crippen LogP contribution in [0.2, 0.25) is 0 Å². The molecule has 0 saturated heterocycles. The third-order valence-electron chi connectivity index (χ3n) is 3.07. The Bertz CT molecular complexity index is 455. The summed E-state index contributed by atoms with van der Waals surface area (Å²) in [6, 6.07) is 6.72. The number of ether oxygens (including phenoxy) is 1. The van der Waals surface area contributed by atoms with Crippen molar-refractivity contribution in [2.24, 2.45) is 0 Å². The molecule has 1 amide bonds.